The van der Waals surface area contributed by atoms with Crippen LogP contribution in [0, 0.1) is 0 Å². The third kappa shape index (κ3) is 4.78. The molecule has 0 bridgehead atoms. The molecular formula is C15H25NO4S. The highest BCUT2D eigenvalue weighted by Crippen LogP contribution is 2.23. The van der Waals surface area contributed by atoms with Gasteiger partial charge in [-0.25, -0.2) is 13.1 Å². The third-order valence-corrected chi connectivity index (χ3v) is 4.82. The minimum absolute atomic E-state index is 0.0137. The molecular weight excluding hydrogens is 290 g/mol. The largest absolute Gasteiger partial charge is 0.354 e. The summed E-state index contributed by atoms with van der Waals surface area (Å²) in [5.41, 5.74) is 1.07. The number of benzene rings is 1. The van der Waals surface area contributed by atoms with Crippen LogP contribution in [0.15, 0.2) is 29.2 Å². The number of nitrogens with one attached hydrogen (secondary N) is 1. The molecule has 21 heavy (non-hydrogen) atoms. The van der Waals surface area contributed by atoms with E-state index in [4.69, 9.17) is 9.47 Å². The van der Waals surface area contributed by atoms with Gasteiger partial charge in [0, 0.05) is 14.2 Å². The minimum Gasteiger partial charge on any atom is -0.354 e. The first-order valence-electron chi connectivity index (χ1n) is 6.80. The lowest BCUT2D eigenvalue weighted by Crippen LogP contribution is -2.42. The molecule has 1 N–H and O–H groups in total. The molecule has 1 aromatic carbocycles. The SMILES string of the molecule is COC(OC)C(C)NS(=O)(=O)c1ccc(C(C)(C)C)cc1. The summed E-state index contributed by atoms with van der Waals surface area (Å²) in [5, 5.41) is 0. The Hall–Kier alpha value is -0.950. The van der Waals surface area contributed by atoms with Crippen molar-refractivity contribution in [2.75, 3.05) is 14.2 Å². The summed E-state index contributed by atoms with van der Waals surface area (Å²) in [6.07, 6.45) is -0.631. The van der Waals surface area contributed by atoms with Crippen LogP contribution in [0.5, 0.6) is 0 Å². The maximum absolute atomic E-state index is 12.3. The van der Waals surface area contributed by atoms with E-state index >= 15 is 0 Å². The topological polar surface area (TPSA) is 64.6 Å². The van der Waals surface area contributed by atoms with Crippen LogP contribution in [0.2, 0.25) is 0 Å². The predicted octanol–water partition coefficient (Wildman–Crippen LogP) is 2.27. The summed E-state index contributed by atoms with van der Waals surface area (Å²) in [7, 11) is -0.658. The molecule has 1 atom stereocenters. The first-order chi connectivity index (χ1) is 9.61. The normalized spacial score (nSPS) is 14.4. The molecule has 0 fully saturated rings. The highest BCUT2D eigenvalue weighted by molar-refractivity contribution is 7.89. The summed E-state index contributed by atoms with van der Waals surface area (Å²) in [6.45, 7) is 7.94. The van der Waals surface area contributed by atoms with E-state index < -0.39 is 22.4 Å². The lowest BCUT2D eigenvalue weighted by Gasteiger charge is -2.22. The Kier molecular flexibility index (Phi) is 5.92. The van der Waals surface area contributed by atoms with Crippen LogP contribution in [-0.2, 0) is 24.9 Å². The maximum atomic E-state index is 12.3. The van der Waals surface area contributed by atoms with E-state index in [1.165, 1.54) is 14.2 Å². The van der Waals surface area contributed by atoms with Gasteiger partial charge in [-0.1, -0.05) is 32.9 Å². The Morgan fingerprint density at radius 2 is 1.52 bits per heavy atom. The molecule has 1 unspecified atom stereocenters. The second-order valence-corrected chi connectivity index (χ2v) is 7.74. The van der Waals surface area contributed by atoms with E-state index in [0.717, 1.165) is 5.56 Å². The van der Waals surface area contributed by atoms with Crippen molar-refractivity contribution in [3.63, 3.8) is 0 Å². The second-order valence-electron chi connectivity index (χ2n) is 6.02. The van der Waals surface area contributed by atoms with Crippen molar-refractivity contribution < 1.29 is 17.9 Å². The molecule has 0 aliphatic heterocycles. The number of rotatable bonds is 6. The quantitative estimate of drug-likeness (QED) is 0.818. The highest BCUT2D eigenvalue weighted by atomic mass is 32.2. The molecule has 1 aromatic rings. The molecule has 0 aliphatic carbocycles. The number of hydrogen-bond donors (Lipinski definition) is 1. The van der Waals surface area contributed by atoms with Gasteiger partial charge in [0.15, 0.2) is 6.29 Å². The van der Waals surface area contributed by atoms with E-state index in [-0.39, 0.29) is 10.3 Å². The Morgan fingerprint density at radius 3 is 1.90 bits per heavy atom. The van der Waals surface area contributed by atoms with E-state index in [2.05, 4.69) is 25.5 Å². The zero-order valence-corrected chi connectivity index (χ0v) is 14.3. The number of sulfonamides is 1. The van der Waals surface area contributed by atoms with Crippen molar-refractivity contribution in [1.29, 1.82) is 0 Å². The van der Waals surface area contributed by atoms with Crippen LogP contribution in [0.3, 0.4) is 0 Å². The van der Waals surface area contributed by atoms with Gasteiger partial charge in [0.05, 0.1) is 10.9 Å². The van der Waals surface area contributed by atoms with Crippen LogP contribution >= 0.6 is 0 Å². The van der Waals surface area contributed by atoms with Crippen molar-refractivity contribution in [2.24, 2.45) is 0 Å². The first-order valence-corrected chi connectivity index (χ1v) is 8.28. The van der Waals surface area contributed by atoms with Crippen LogP contribution in [0.25, 0.3) is 0 Å². The fraction of sp³-hybridized carbons (Fsp3) is 0.600. The van der Waals surface area contributed by atoms with E-state index in [1.54, 1.807) is 19.1 Å². The van der Waals surface area contributed by atoms with E-state index in [9.17, 15) is 8.42 Å². The lowest BCUT2D eigenvalue weighted by atomic mass is 9.87. The Morgan fingerprint density at radius 1 is 1.05 bits per heavy atom. The zero-order chi connectivity index (χ0) is 16.3. The Labute approximate surface area is 127 Å². The monoisotopic (exact) mass is 315 g/mol. The summed E-state index contributed by atoms with van der Waals surface area (Å²) >= 11 is 0. The molecule has 5 nitrogen and oxygen atoms in total. The average Bonchev–Trinajstić information content (AvgIpc) is 2.38. The van der Waals surface area contributed by atoms with Crippen LogP contribution < -0.4 is 4.72 Å². The van der Waals surface area contributed by atoms with Gasteiger partial charge in [0.25, 0.3) is 0 Å². The summed E-state index contributed by atoms with van der Waals surface area (Å²) < 4.78 is 37.3. The van der Waals surface area contributed by atoms with Gasteiger partial charge in [0.2, 0.25) is 10.0 Å². The summed E-state index contributed by atoms with van der Waals surface area (Å²) in [6, 6.07) is 6.41. The molecule has 0 saturated carbocycles. The molecule has 1 rings (SSSR count). The van der Waals surface area contributed by atoms with Gasteiger partial charge in [-0.3, -0.25) is 0 Å². The van der Waals surface area contributed by atoms with Crippen molar-refractivity contribution in [3.05, 3.63) is 29.8 Å². The Bertz CT molecular complexity index is 542. The number of hydrogen-bond acceptors (Lipinski definition) is 4. The molecule has 0 amide bonds. The van der Waals surface area contributed by atoms with Crippen molar-refractivity contribution >= 4 is 10.0 Å². The fourth-order valence-corrected chi connectivity index (χ4v) is 3.24. The van der Waals surface area contributed by atoms with Gasteiger partial charge in [-0.15, -0.1) is 0 Å². The highest BCUT2D eigenvalue weighted by Gasteiger charge is 2.24. The van der Waals surface area contributed by atoms with Gasteiger partial charge in [-0.05, 0) is 30.0 Å². The molecule has 6 heteroatoms. The van der Waals surface area contributed by atoms with E-state index in [0.29, 0.717) is 0 Å². The standard InChI is InChI=1S/C15H25NO4S/c1-11(14(19-5)20-6)16-21(17,18)13-9-7-12(8-10-13)15(2,3)4/h7-11,14,16H,1-6H3. The fourth-order valence-electron chi connectivity index (χ4n) is 2.01. The molecule has 120 valence electrons. The first kappa shape index (κ1) is 18.1. The van der Waals surface area contributed by atoms with Crippen LogP contribution in [0.4, 0.5) is 0 Å². The van der Waals surface area contributed by atoms with Crippen LogP contribution in [-0.4, -0.2) is 35.0 Å². The zero-order valence-electron chi connectivity index (χ0n) is 13.5. The second kappa shape index (κ2) is 6.87. The summed E-state index contributed by atoms with van der Waals surface area (Å²) in [5.74, 6) is 0. The van der Waals surface area contributed by atoms with Gasteiger partial charge in [-0.2, -0.15) is 0 Å². The van der Waals surface area contributed by atoms with Gasteiger partial charge >= 0.3 is 0 Å². The summed E-state index contributed by atoms with van der Waals surface area (Å²) in [4.78, 5) is 0.230. The lowest BCUT2D eigenvalue weighted by molar-refractivity contribution is -0.115. The van der Waals surface area contributed by atoms with Gasteiger partial charge in [0.1, 0.15) is 0 Å². The molecule has 0 heterocycles. The number of ether oxygens (including phenoxy) is 2. The predicted molar refractivity (Wildman–Crippen MR) is 82.7 cm³/mol. The maximum Gasteiger partial charge on any atom is 0.240 e. The molecule has 0 aliphatic rings. The molecule has 0 radical (unpaired) electrons. The van der Waals surface area contributed by atoms with Crippen molar-refractivity contribution in [2.45, 2.75) is 50.3 Å². The molecule has 0 spiro atoms. The van der Waals surface area contributed by atoms with Crippen molar-refractivity contribution in [3.8, 4) is 0 Å². The van der Waals surface area contributed by atoms with E-state index in [1.807, 2.05) is 12.1 Å². The molecule has 0 aromatic heterocycles. The Balaban J connectivity index is 2.93. The average molecular weight is 315 g/mol. The van der Waals surface area contributed by atoms with Crippen LogP contribution in [0.1, 0.15) is 33.3 Å². The van der Waals surface area contributed by atoms with Gasteiger partial charge < -0.3 is 9.47 Å². The van der Waals surface area contributed by atoms with Crippen molar-refractivity contribution in [1.82, 2.24) is 4.72 Å². The third-order valence-electron chi connectivity index (χ3n) is 3.24. The molecule has 0 saturated heterocycles. The smallest absolute Gasteiger partial charge is 0.240 e. The number of methoxy groups -OCH3 is 2. The minimum atomic E-state index is -3.60.